The van der Waals surface area contributed by atoms with Crippen LogP contribution in [0.5, 0.6) is 5.75 Å². The summed E-state index contributed by atoms with van der Waals surface area (Å²) in [5.41, 5.74) is 0.931. The van der Waals surface area contributed by atoms with Gasteiger partial charge in [-0.3, -0.25) is 4.79 Å². The summed E-state index contributed by atoms with van der Waals surface area (Å²) in [5.74, 6) is -0.834. The van der Waals surface area contributed by atoms with Crippen molar-refractivity contribution in [2.75, 3.05) is 12.4 Å². The first-order valence-electron chi connectivity index (χ1n) is 8.49. The summed E-state index contributed by atoms with van der Waals surface area (Å²) in [5, 5.41) is 10.2. The van der Waals surface area contributed by atoms with Crippen LogP contribution in [-0.2, 0) is 11.0 Å². The number of nitrogens with zero attached hydrogens (tertiary/aromatic N) is 4. The van der Waals surface area contributed by atoms with Gasteiger partial charge in [-0.25, -0.2) is 9.67 Å². The van der Waals surface area contributed by atoms with Gasteiger partial charge in [0.1, 0.15) is 5.75 Å². The van der Waals surface area contributed by atoms with Gasteiger partial charge in [0.2, 0.25) is 5.91 Å². The van der Waals surface area contributed by atoms with Crippen LogP contribution >= 0.6 is 0 Å². The molecule has 0 bridgehead atoms. The van der Waals surface area contributed by atoms with Gasteiger partial charge in [-0.1, -0.05) is 17.3 Å². The van der Waals surface area contributed by atoms with Crippen LogP contribution in [0.3, 0.4) is 0 Å². The molecule has 4 rings (SSSR count). The predicted molar refractivity (Wildman–Crippen MR) is 98.8 cm³/mol. The van der Waals surface area contributed by atoms with Gasteiger partial charge >= 0.3 is 6.18 Å². The number of carbonyl (C=O) groups is 1. The molecule has 148 valence electrons. The molecule has 10 heteroatoms. The van der Waals surface area contributed by atoms with Crippen molar-refractivity contribution in [3.05, 3.63) is 59.9 Å². The number of benzene rings is 2. The molecule has 7 nitrogen and oxygen atoms in total. The first-order chi connectivity index (χ1) is 13.8. The molecule has 1 amide bonds. The van der Waals surface area contributed by atoms with Gasteiger partial charge in [0.25, 0.3) is 0 Å². The predicted octanol–water partition coefficient (Wildman–Crippen LogP) is 3.76. The summed E-state index contributed by atoms with van der Waals surface area (Å²) in [7, 11) is 1.15. The fraction of sp³-hybridized carbons (Fsp3) is 0.158. The number of aliphatic imine (C=N–C) groups is 1. The van der Waals surface area contributed by atoms with Gasteiger partial charge in [0.05, 0.1) is 54.3 Å². The fourth-order valence-electron chi connectivity index (χ4n) is 3.02. The van der Waals surface area contributed by atoms with E-state index in [1.807, 2.05) is 6.07 Å². The van der Waals surface area contributed by atoms with Gasteiger partial charge in [-0.15, -0.1) is 5.10 Å². The van der Waals surface area contributed by atoms with Crippen LogP contribution in [-0.4, -0.2) is 33.7 Å². The smallest absolute Gasteiger partial charge is 0.420 e. The van der Waals surface area contributed by atoms with Crippen LogP contribution in [0.4, 0.5) is 24.5 Å². The van der Waals surface area contributed by atoms with E-state index in [0.717, 1.165) is 13.2 Å². The highest BCUT2D eigenvalue weighted by Crippen LogP contribution is 2.43. The zero-order valence-electron chi connectivity index (χ0n) is 15.1. The minimum atomic E-state index is -4.63. The molecule has 1 aliphatic rings. The number of alkyl halides is 3. The van der Waals surface area contributed by atoms with Crippen molar-refractivity contribution in [3.63, 3.8) is 0 Å². The highest BCUT2D eigenvalue weighted by atomic mass is 19.4. The van der Waals surface area contributed by atoms with Crippen molar-refractivity contribution in [3.8, 4) is 11.4 Å². The van der Waals surface area contributed by atoms with Crippen molar-refractivity contribution < 1.29 is 22.7 Å². The minimum Gasteiger partial charge on any atom is -0.496 e. The number of fused-ring (bicyclic) bond motifs is 1. The Morgan fingerprint density at radius 2 is 2.03 bits per heavy atom. The number of hydrogen-bond acceptors (Lipinski definition) is 5. The summed E-state index contributed by atoms with van der Waals surface area (Å²) < 4.78 is 46.3. The zero-order valence-corrected chi connectivity index (χ0v) is 15.1. The van der Waals surface area contributed by atoms with Crippen molar-refractivity contribution in [1.29, 1.82) is 0 Å². The van der Waals surface area contributed by atoms with Crippen LogP contribution in [0.25, 0.3) is 5.69 Å². The molecule has 2 heterocycles. The van der Waals surface area contributed by atoms with E-state index in [1.54, 1.807) is 29.1 Å². The van der Waals surface area contributed by atoms with Crippen LogP contribution in [0.15, 0.2) is 53.8 Å². The third-order valence-corrected chi connectivity index (χ3v) is 4.35. The highest BCUT2D eigenvalue weighted by Gasteiger charge is 2.36. The quantitative estimate of drug-likeness (QED) is 0.725. The Hall–Kier alpha value is -3.69. The Kier molecular flexibility index (Phi) is 4.53. The zero-order chi connectivity index (χ0) is 20.6. The lowest BCUT2D eigenvalue weighted by Gasteiger charge is -2.15. The molecule has 0 atom stereocenters. The second-order valence-electron chi connectivity index (χ2n) is 6.25. The molecule has 0 unspecified atom stereocenters. The van der Waals surface area contributed by atoms with E-state index >= 15 is 0 Å². The number of rotatable bonds is 3. The first-order valence-corrected chi connectivity index (χ1v) is 8.49. The summed E-state index contributed by atoms with van der Waals surface area (Å²) in [6.07, 6.45) is -1.53. The third-order valence-electron chi connectivity index (χ3n) is 4.35. The number of hydrogen-bond donors (Lipinski definition) is 1. The fourth-order valence-corrected chi connectivity index (χ4v) is 3.02. The van der Waals surface area contributed by atoms with Gasteiger partial charge in [0.15, 0.2) is 0 Å². The molecule has 1 aromatic heterocycles. The van der Waals surface area contributed by atoms with E-state index in [2.05, 4.69) is 20.6 Å². The van der Waals surface area contributed by atoms with Crippen LogP contribution in [0.1, 0.15) is 17.5 Å². The maximum absolute atomic E-state index is 13.3. The standard InChI is InChI=1S/C19H14F3N5O2/c1-29-17-9-16-15(8-13(17)19(20,21)22)25-18(28)10-14(24-16)11-3-2-4-12(7-11)27-6-5-23-26-27/h2-9H,10H2,1H3,(H,25,28). The van der Waals surface area contributed by atoms with E-state index in [1.165, 1.54) is 12.3 Å². The maximum atomic E-state index is 13.3. The van der Waals surface area contributed by atoms with Crippen molar-refractivity contribution >= 4 is 23.0 Å². The molecule has 1 aliphatic heterocycles. The number of ether oxygens (including phenoxy) is 1. The normalized spacial score (nSPS) is 13.9. The monoisotopic (exact) mass is 401 g/mol. The lowest BCUT2D eigenvalue weighted by molar-refractivity contribution is -0.138. The topological polar surface area (TPSA) is 81.4 Å². The van der Waals surface area contributed by atoms with Crippen LogP contribution in [0, 0.1) is 0 Å². The number of nitrogens with one attached hydrogen (secondary N) is 1. The van der Waals surface area contributed by atoms with Crippen LogP contribution in [0.2, 0.25) is 0 Å². The Labute approximate surface area is 162 Å². The van der Waals surface area contributed by atoms with Crippen molar-refractivity contribution in [2.24, 2.45) is 4.99 Å². The second kappa shape index (κ2) is 7.04. The number of anilines is 1. The molecular formula is C19H14F3N5O2. The lowest BCUT2D eigenvalue weighted by Crippen LogP contribution is -2.16. The van der Waals surface area contributed by atoms with E-state index in [9.17, 15) is 18.0 Å². The summed E-state index contributed by atoms with van der Waals surface area (Å²) >= 11 is 0. The SMILES string of the molecule is COc1cc2c(cc1C(F)(F)F)NC(=O)CC(c1cccc(-n3ccnn3)c1)=N2. The Balaban J connectivity index is 1.82. The molecule has 3 aromatic rings. The van der Waals surface area contributed by atoms with E-state index in [4.69, 9.17) is 4.74 Å². The number of methoxy groups -OCH3 is 1. The molecule has 0 saturated heterocycles. The lowest BCUT2D eigenvalue weighted by atomic mass is 10.1. The summed E-state index contributed by atoms with van der Waals surface area (Å²) in [6, 6.07) is 9.12. The number of aromatic nitrogens is 3. The molecule has 2 aromatic carbocycles. The molecule has 0 saturated carbocycles. The molecule has 0 spiro atoms. The largest absolute Gasteiger partial charge is 0.496 e. The maximum Gasteiger partial charge on any atom is 0.420 e. The number of carbonyl (C=O) groups excluding carboxylic acids is 1. The van der Waals surface area contributed by atoms with Crippen molar-refractivity contribution in [1.82, 2.24) is 15.0 Å². The Bertz CT molecular complexity index is 1110. The van der Waals surface area contributed by atoms with E-state index < -0.39 is 17.6 Å². The molecule has 0 fully saturated rings. The summed E-state index contributed by atoms with van der Waals surface area (Å²) in [6.45, 7) is 0. The van der Waals surface area contributed by atoms with E-state index in [0.29, 0.717) is 17.0 Å². The average molecular weight is 401 g/mol. The summed E-state index contributed by atoms with van der Waals surface area (Å²) in [4.78, 5) is 16.8. The average Bonchev–Trinajstić information content (AvgIpc) is 3.16. The van der Waals surface area contributed by atoms with E-state index in [-0.39, 0.29) is 23.5 Å². The molecule has 0 radical (unpaired) electrons. The molecule has 29 heavy (non-hydrogen) atoms. The number of halogens is 3. The number of amides is 1. The van der Waals surface area contributed by atoms with Gasteiger partial charge in [-0.05, 0) is 23.8 Å². The molecule has 1 N–H and O–H groups in total. The van der Waals surface area contributed by atoms with Crippen LogP contribution < -0.4 is 10.1 Å². The van der Waals surface area contributed by atoms with Crippen molar-refractivity contribution in [2.45, 2.75) is 12.6 Å². The Morgan fingerprint density at radius 1 is 1.21 bits per heavy atom. The molecular weight excluding hydrogens is 387 g/mol. The Morgan fingerprint density at radius 3 is 2.72 bits per heavy atom. The second-order valence-corrected chi connectivity index (χ2v) is 6.25. The molecule has 0 aliphatic carbocycles. The van der Waals surface area contributed by atoms with Gasteiger partial charge in [0, 0.05) is 6.07 Å². The minimum absolute atomic E-state index is 0.0226. The first kappa shape index (κ1) is 18.7. The van der Waals surface area contributed by atoms with Gasteiger partial charge < -0.3 is 10.1 Å². The highest BCUT2D eigenvalue weighted by molar-refractivity contribution is 6.17. The van der Waals surface area contributed by atoms with Gasteiger partial charge in [-0.2, -0.15) is 13.2 Å². The third kappa shape index (κ3) is 3.68.